The highest BCUT2D eigenvalue weighted by Crippen LogP contribution is 2.25. The summed E-state index contributed by atoms with van der Waals surface area (Å²) in [7, 11) is 0. The number of nitrogens with two attached hydrogens (primary N) is 1. The fraction of sp³-hybridized carbons (Fsp3) is 0.364. The van der Waals surface area contributed by atoms with E-state index in [4.69, 9.17) is 10.5 Å². The van der Waals surface area contributed by atoms with Crippen LogP contribution in [0.25, 0.3) is 0 Å². The van der Waals surface area contributed by atoms with Gasteiger partial charge in [-0.15, -0.1) is 0 Å². The van der Waals surface area contributed by atoms with E-state index >= 15 is 0 Å². The van der Waals surface area contributed by atoms with E-state index in [9.17, 15) is 9.59 Å². The van der Waals surface area contributed by atoms with E-state index in [1.165, 1.54) is 11.1 Å². The van der Waals surface area contributed by atoms with Crippen LogP contribution in [0.3, 0.4) is 0 Å². The summed E-state index contributed by atoms with van der Waals surface area (Å²) in [6.45, 7) is 2.81. The van der Waals surface area contributed by atoms with Crippen molar-refractivity contribution in [3.8, 4) is 5.75 Å². The molecule has 1 atom stereocenters. The molecule has 5 heteroatoms. The first-order valence-corrected chi connectivity index (χ1v) is 9.47. The molecule has 142 valence electrons. The molecule has 2 aromatic rings. The number of fused-ring (bicyclic) bond motifs is 1. The number of rotatable bonds is 7. The molecule has 0 saturated carbocycles. The van der Waals surface area contributed by atoms with Gasteiger partial charge >= 0.3 is 0 Å². The van der Waals surface area contributed by atoms with Crippen LogP contribution in [0.2, 0.25) is 0 Å². The number of amides is 2. The Bertz CT molecular complexity index is 801. The van der Waals surface area contributed by atoms with Crippen molar-refractivity contribution in [2.45, 2.75) is 38.6 Å². The zero-order valence-corrected chi connectivity index (χ0v) is 15.7. The summed E-state index contributed by atoms with van der Waals surface area (Å²) >= 11 is 0. The number of carbonyl (C=O) groups excluding carboxylic acids is 2. The van der Waals surface area contributed by atoms with Crippen LogP contribution < -0.4 is 10.5 Å². The molecule has 0 radical (unpaired) electrons. The second-order valence-electron chi connectivity index (χ2n) is 6.93. The van der Waals surface area contributed by atoms with E-state index in [1.54, 1.807) is 24.3 Å². The van der Waals surface area contributed by atoms with E-state index in [0.29, 0.717) is 11.3 Å². The average molecular weight is 366 g/mol. The smallest absolute Gasteiger partial charge is 0.260 e. The lowest BCUT2D eigenvalue weighted by Crippen LogP contribution is -2.45. The highest BCUT2D eigenvalue weighted by molar-refractivity contribution is 5.92. The highest BCUT2D eigenvalue weighted by atomic mass is 16.5. The van der Waals surface area contributed by atoms with Gasteiger partial charge in [-0.25, -0.2) is 0 Å². The third kappa shape index (κ3) is 4.67. The van der Waals surface area contributed by atoms with E-state index in [1.807, 2.05) is 4.90 Å². The van der Waals surface area contributed by atoms with E-state index in [2.05, 4.69) is 31.2 Å². The zero-order valence-electron chi connectivity index (χ0n) is 15.7. The Balaban J connectivity index is 1.62. The van der Waals surface area contributed by atoms with Crippen molar-refractivity contribution in [1.29, 1.82) is 0 Å². The maximum absolute atomic E-state index is 12.8. The molecule has 1 aliphatic carbocycles. The first kappa shape index (κ1) is 19.0. The first-order chi connectivity index (χ1) is 13.1. The van der Waals surface area contributed by atoms with Gasteiger partial charge in [0.05, 0.1) is 0 Å². The molecule has 2 amide bonds. The molecule has 1 unspecified atom stereocenters. The monoisotopic (exact) mass is 366 g/mol. The quantitative estimate of drug-likeness (QED) is 0.819. The topological polar surface area (TPSA) is 72.6 Å². The standard InChI is InChI=1S/C22H26N2O3/c1-2-13-24(19-10-7-16-5-3-4-6-18(16)14-19)21(25)15-27-20-11-8-17(9-12-20)22(23)26/h3-6,8-9,11-12,19H,2,7,10,13-15H2,1H3,(H2,23,26). The Morgan fingerprint density at radius 3 is 2.48 bits per heavy atom. The van der Waals surface area contributed by atoms with Crippen molar-refractivity contribution in [2.75, 3.05) is 13.2 Å². The molecule has 0 bridgehead atoms. The first-order valence-electron chi connectivity index (χ1n) is 9.47. The molecular weight excluding hydrogens is 340 g/mol. The number of ether oxygens (including phenoxy) is 1. The van der Waals surface area contributed by atoms with Gasteiger partial charge in [0.1, 0.15) is 5.75 Å². The van der Waals surface area contributed by atoms with E-state index < -0.39 is 5.91 Å². The van der Waals surface area contributed by atoms with Gasteiger partial charge in [-0.05, 0) is 61.1 Å². The van der Waals surface area contributed by atoms with Crippen LogP contribution >= 0.6 is 0 Å². The summed E-state index contributed by atoms with van der Waals surface area (Å²) in [5.74, 6) is 0.0725. The van der Waals surface area contributed by atoms with Crippen LogP contribution in [-0.2, 0) is 17.6 Å². The molecule has 5 nitrogen and oxygen atoms in total. The molecule has 0 aliphatic heterocycles. The van der Waals surface area contributed by atoms with Crippen molar-refractivity contribution in [2.24, 2.45) is 5.73 Å². The number of aryl methyl sites for hydroxylation is 1. The van der Waals surface area contributed by atoms with Crippen LogP contribution in [-0.4, -0.2) is 35.9 Å². The molecule has 3 rings (SSSR count). The number of carbonyl (C=O) groups is 2. The van der Waals surface area contributed by atoms with Gasteiger partial charge < -0.3 is 15.4 Å². The third-order valence-corrected chi connectivity index (χ3v) is 5.05. The van der Waals surface area contributed by atoms with Crippen LogP contribution in [0.1, 0.15) is 41.3 Å². The van der Waals surface area contributed by atoms with Crippen molar-refractivity contribution in [3.63, 3.8) is 0 Å². The Labute approximate surface area is 160 Å². The van der Waals surface area contributed by atoms with Crippen LogP contribution in [0.4, 0.5) is 0 Å². The molecule has 2 aromatic carbocycles. The summed E-state index contributed by atoms with van der Waals surface area (Å²) in [5, 5.41) is 0. The van der Waals surface area contributed by atoms with E-state index in [0.717, 1.165) is 32.2 Å². The molecule has 0 spiro atoms. The van der Waals surface area contributed by atoms with Gasteiger partial charge in [-0.2, -0.15) is 0 Å². The molecule has 27 heavy (non-hydrogen) atoms. The second-order valence-corrected chi connectivity index (χ2v) is 6.93. The highest BCUT2D eigenvalue weighted by Gasteiger charge is 2.27. The zero-order chi connectivity index (χ0) is 19.2. The molecule has 0 saturated heterocycles. The second kappa shape index (κ2) is 8.71. The van der Waals surface area contributed by atoms with Gasteiger partial charge in [0, 0.05) is 18.2 Å². The normalized spacial score (nSPS) is 15.7. The summed E-state index contributed by atoms with van der Waals surface area (Å²) < 4.78 is 5.65. The predicted octanol–water partition coefficient (Wildman–Crippen LogP) is 2.96. The molecule has 2 N–H and O–H groups in total. The Morgan fingerprint density at radius 2 is 1.81 bits per heavy atom. The van der Waals surface area contributed by atoms with Gasteiger partial charge in [0.25, 0.3) is 5.91 Å². The minimum absolute atomic E-state index is 0.000193. The SMILES string of the molecule is CCCN(C(=O)COc1ccc(C(N)=O)cc1)C1CCc2ccccc2C1. The van der Waals surface area contributed by atoms with Crippen LogP contribution in [0.5, 0.6) is 5.75 Å². The minimum Gasteiger partial charge on any atom is -0.484 e. The number of hydrogen-bond donors (Lipinski definition) is 1. The fourth-order valence-electron chi connectivity index (χ4n) is 3.64. The predicted molar refractivity (Wildman–Crippen MR) is 105 cm³/mol. The molecule has 0 aromatic heterocycles. The summed E-state index contributed by atoms with van der Waals surface area (Å²) in [4.78, 5) is 25.9. The average Bonchev–Trinajstić information content (AvgIpc) is 2.70. The number of hydrogen-bond acceptors (Lipinski definition) is 3. The molecule has 0 heterocycles. The summed E-state index contributed by atoms with van der Waals surface area (Å²) in [5.41, 5.74) is 8.38. The number of nitrogens with zero attached hydrogens (tertiary/aromatic N) is 1. The molecular formula is C22H26N2O3. The van der Waals surface area contributed by atoms with Crippen LogP contribution in [0.15, 0.2) is 48.5 Å². The van der Waals surface area contributed by atoms with Crippen molar-refractivity contribution in [3.05, 3.63) is 65.2 Å². The Morgan fingerprint density at radius 1 is 1.11 bits per heavy atom. The summed E-state index contributed by atoms with van der Waals surface area (Å²) in [6.07, 6.45) is 3.80. The fourth-order valence-corrected chi connectivity index (χ4v) is 3.64. The lowest BCUT2D eigenvalue weighted by molar-refractivity contribution is -0.136. The number of benzene rings is 2. The molecule has 0 fully saturated rings. The lowest BCUT2D eigenvalue weighted by atomic mass is 9.87. The maximum atomic E-state index is 12.8. The Hall–Kier alpha value is -2.82. The van der Waals surface area contributed by atoms with Crippen molar-refractivity contribution < 1.29 is 14.3 Å². The van der Waals surface area contributed by atoms with Gasteiger partial charge in [-0.3, -0.25) is 9.59 Å². The largest absolute Gasteiger partial charge is 0.484 e. The van der Waals surface area contributed by atoms with Gasteiger partial charge in [-0.1, -0.05) is 31.2 Å². The van der Waals surface area contributed by atoms with Gasteiger partial charge in [0.15, 0.2) is 6.61 Å². The third-order valence-electron chi connectivity index (χ3n) is 5.05. The van der Waals surface area contributed by atoms with Crippen LogP contribution in [0, 0.1) is 0 Å². The maximum Gasteiger partial charge on any atom is 0.260 e. The molecule has 1 aliphatic rings. The lowest BCUT2D eigenvalue weighted by Gasteiger charge is -2.35. The van der Waals surface area contributed by atoms with Gasteiger partial charge in [0.2, 0.25) is 5.91 Å². The van der Waals surface area contributed by atoms with E-state index in [-0.39, 0.29) is 18.6 Å². The summed E-state index contributed by atoms with van der Waals surface area (Å²) in [6, 6.07) is 15.2. The minimum atomic E-state index is -0.482. The van der Waals surface area contributed by atoms with Crippen molar-refractivity contribution >= 4 is 11.8 Å². The van der Waals surface area contributed by atoms with Crippen molar-refractivity contribution in [1.82, 2.24) is 4.90 Å². The number of primary amides is 1. The Kier molecular flexibility index (Phi) is 6.12.